The van der Waals surface area contributed by atoms with Gasteiger partial charge in [-0.05, 0) is 45.0 Å². The summed E-state index contributed by atoms with van der Waals surface area (Å²) in [5.41, 5.74) is 0.257. The number of fused-ring (bicyclic) bond motifs is 1. The van der Waals surface area contributed by atoms with Crippen LogP contribution in [0.5, 0.6) is 11.5 Å². The molecule has 1 aromatic heterocycles. The normalized spacial score (nSPS) is 13.6. The number of nitrogens with one attached hydrogen (secondary N) is 2. The molecule has 2 aromatic rings. The van der Waals surface area contributed by atoms with Crippen molar-refractivity contribution in [3.05, 3.63) is 36.5 Å². The molecular formula is C16H19N3O4S. The molecule has 0 saturated carbocycles. The molecule has 0 aliphatic carbocycles. The highest BCUT2D eigenvalue weighted by molar-refractivity contribution is 7.92. The topological polar surface area (TPSA) is 89.5 Å². The van der Waals surface area contributed by atoms with Crippen molar-refractivity contribution in [1.82, 2.24) is 4.98 Å². The average molecular weight is 349 g/mol. The highest BCUT2D eigenvalue weighted by atomic mass is 32.2. The standard InChI is InChI=1S/C16H19N3O4S/c1-16(2,3)18-15-7-4-11(9-17-15)19-24(20,21)12-5-6-13-14(8-12)23-10-22-13/h4-9,19H,10H2,1-3H3,(H,17,18). The minimum absolute atomic E-state index is 0.0957. The predicted octanol–water partition coefficient (Wildman–Crippen LogP) is 2.82. The van der Waals surface area contributed by atoms with Crippen LogP contribution in [0.4, 0.5) is 11.5 Å². The molecule has 2 N–H and O–H groups in total. The SMILES string of the molecule is CC(C)(C)Nc1ccc(NS(=O)(=O)c2ccc3c(c2)OCO3)cn1. The second-order valence-electron chi connectivity index (χ2n) is 6.43. The summed E-state index contributed by atoms with van der Waals surface area (Å²) >= 11 is 0. The van der Waals surface area contributed by atoms with Crippen molar-refractivity contribution in [1.29, 1.82) is 0 Å². The molecule has 128 valence electrons. The van der Waals surface area contributed by atoms with E-state index in [0.717, 1.165) is 0 Å². The second kappa shape index (κ2) is 5.86. The van der Waals surface area contributed by atoms with E-state index < -0.39 is 10.0 Å². The number of hydrogen-bond donors (Lipinski definition) is 2. The molecule has 0 fully saturated rings. The molecule has 0 spiro atoms. The zero-order valence-electron chi connectivity index (χ0n) is 13.7. The van der Waals surface area contributed by atoms with Gasteiger partial charge < -0.3 is 14.8 Å². The van der Waals surface area contributed by atoms with E-state index in [-0.39, 0.29) is 17.2 Å². The fraction of sp³-hybridized carbons (Fsp3) is 0.312. The molecular weight excluding hydrogens is 330 g/mol. The fourth-order valence-electron chi connectivity index (χ4n) is 2.17. The molecule has 0 radical (unpaired) electrons. The number of pyridine rings is 1. The van der Waals surface area contributed by atoms with Crippen molar-refractivity contribution in [2.24, 2.45) is 0 Å². The predicted molar refractivity (Wildman–Crippen MR) is 91.0 cm³/mol. The maximum absolute atomic E-state index is 12.5. The highest BCUT2D eigenvalue weighted by Gasteiger charge is 2.20. The number of benzene rings is 1. The molecule has 1 aromatic carbocycles. The maximum atomic E-state index is 12.5. The monoisotopic (exact) mass is 349 g/mol. The van der Waals surface area contributed by atoms with Crippen molar-refractivity contribution < 1.29 is 17.9 Å². The first kappa shape index (κ1) is 16.4. The third-order valence-electron chi connectivity index (χ3n) is 3.17. The van der Waals surface area contributed by atoms with Crippen LogP contribution in [0.25, 0.3) is 0 Å². The number of nitrogens with zero attached hydrogens (tertiary/aromatic N) is 1. The Morgan fingerprint density at radius 2 is 1.83 bits per heavy atom. The minimum atomic E-state index is -3.73. The van der Waals surface area contributed by atoms with Crippen LogP contribution in [0.3, 0.4) is 0 Å². The van der Waals surface area contributed by atoms with Crippen LogP contribution >= 0.6 is 0 Å². The fourth-order valence-corrected chi connectivity index (χ4v) is 3.23. The van der Waals surface area contributed by atoms with Gasteiger partial charge in [-0.3, -0.25) is 4.72 Å². The molecule has 0 atom stereocenters. The Hall–Kier alpha value is -2.48. The molecule has 0 unspecified atom stereocenters. The lowest BCUT2D eigenvalue weighted by atomic mass is 10.1. The summed E-state index contributed by atoms with van der Waals surface area (Å²) in [6.07, 6.45) is 1.47. The van der Waals surface area contributed by atoms with Crippen molar-refractivity contribution in [3.8, 4) is 11.5 Å². The molecule has 8 heteroatoms. The summed E-state index contributed by atoms with van der Waals surface area (Å²) in [5.74, 6) is 1.63. The quantitative estimate of drug-likeness (QED) is 0.882. The zero-order valence-corrected chi connectivity index (χ0v) is 14.5. The van der Waals surface area contributed by atoms with Gasteiger partial charge in [0.15, 0.2) is 11.5 Å². The molecule has 2 heterocycles. The Kier molecular flexibility index (Phi) is 4.00. The van der Waals surface area contributed by atoms with Crippen LogP contribution < -0.4 is 19.5 Å². The second-order valence-corrected chi connectivity index (χ2v) is 8.11. The first-order valence-corrected chi connectivity index (χ1v) is 8.88. The van der Waals surface area contributed by atoms with Gasteiger partial charge in [-0.25, -0.2) is 13.4 Å². The Labute approximate surface area is 141 Å². The van der Waals surface area contributed by atoms with Gasteiger partial charge in [0.1, 0.15) is 5.82 Å². The zero-order chi connectivity index (χ0) is 17.4. The number of hydrogen-bond acceptors (Lipinski definition) is 6. The van der Waals surface area contributed by atoms with Gasteiger partial charge in [0.2, 0.25) is 6.79 Å². The van der Waals surface area contributed by atoms with Crippen molar-refractivity contribution in [2.45, 2.75) is 31.2 Å². The average Bonchev–Trinajstić information content (AvgIpc) is 2.95. The van der Waals surface area contributed by atoms with E-state index >= 15 is 0 Å². The Morgan fingerprint density at radius 1 is 1.08 bits per heavy atom. The van der Waals surface area contributed by atoms with Gasteiger partial charge in [0.25, 0.3) is 10.0 Å². The van der Waals surface area contributed by atoms with Crippen molar-refractivity contribution in [2.75, 3.05) is 16.8 Å². The van der Waals surface area contributed by atoms with Crippen molar-refractivity contribution >= 4 is 21.5 Å². The van der Waals surface area contributed by atoms with Gasteiger partial charge in [-0.15, -0.1) is 0 Å². The van der Waals surface area contributed by atoms with E-state index in [9.17, 15) is 8.42 Å². The summed E-state index contributed by atoms with van der Waals surface area (Å²) in [6, 6.07) is 7.87. The summed E-state index contributed by atoms with van der Waals surface area (Å²) in [7, 11) is -3.73. The Bertz CT molecular complexity index is 843. The highest BCUT2D eigenvalue weighted by Crippen LogP contribution is 2.34. The Morgan fingerprint density at radius 3 is 2.50 bits per heavy atom. The van der Waals surface area contributed by atoms with Crippen LogP contribution in [0.2, 0.25) is 0 Å². The van der Waals surface area contributed by atoms with E-state index in [4.69, 9.17) is 9.47 Å². The van der Waals surface area contributed by atoms with Gasteiger partial charge in [-0.2, -0.15) is 0 Å². The van der Waals surface area contributed by atoms with Gasteiger partial charge in [0.05, 0.1) is 16.8 Å². The molecule has 1 aliphatic heterocycles. The molecule has 0 amide bonds. The summed E-state index contributed by atoms with van der Waals surface area (Å²) < 4.78 is 37.8. The molecule has 7 nitrogen and oxygen atoms in total. The van der Waals surface area contributed by atoms with Crippen LogP contribution in [-0.2, 0) is 10.0 Å². The summed E-state index contributed by atoms with van der Waals surface area (Å²) in [4.78, 5) is 4.32. The van der Waals surface area contributed by atoms with E-state index in [1.54, 1.807) is 18.2 Å². The smallest absolute Gasteiger partial charge is 0.262 e. The van der Waals surface area contributed by atoms with Gasteiger partial charge in [0, 0.05) is 11.6 Å². The van der Waals surface area contributed by atoms with Gasteiger partial charge >= 0.3 is 0 Å². The van der Waals surface area contributed by atoms with E-state index in [1.807, 2.05) is 20.8 Å². The first-order chi connectivity index (χ1) is 11.2. The lowest BCUT2D eigenvalue weighted by molar-refractivity contribution is 0.174. The third-order valence-corrected chi connectivity index (χ3v) is 4.55. The van der Waals surface area contributed by atoms with E-state index in [0.29, 0.717) is 23.0 Å². The van der Waals surface area contributed by atoms with Crippen molar-refractivity contribution in [3.63, 3.8) is 0 Å². The Balaban J connectivity index is 1.77. The number of aromatic nitrogens is 1. The third kappa shape index (κ3) is 3.70. The number of ether oxygens (including phenoxy) is 2. The maximum Gasteiger partial charge on any atom is 0.262 e. The van der Waals surface area contributed by atoms with Crippen LogP contribution in [-0.4, -0.2) is 25.7 Å². The van der Waals surface area contributed by atoms with E-state index in [1.165, 1.54) is 18.3 Å². The minimum Gasteiger partial charge on any atom is -0.454 e. The number of sulfonamides is 1. The number of anilines is 2. The molecule has 24 heavy (non-hydrogen) atoms. The molecule has 3 rings (SSSR count). The number of rotatable bonds is 4. The first-order valence-electron chi connectivity index (χ1n) is 7.40. The van der Waals surface area contributed by atoms with Crippen LogP contribution in [0.1, 0.15) is 20.8 Å². The van der Waals surface area contributed by atoms with Gasteiger partial charge in [-0.1, -0.05) is 0 Å². The lowest BCUT2D eigenvalue weighted by Crippen LogP contribution is -2.26. The molecule has 1 aliphatic rings. The van der Waals surface area contributed by atoms with E-state index in [2.05, 4.69) is 15.0 Å². The summed E-state index contributed by atoms with van der Waals surface area (Å²) in [5, 5.41) is 3.21. The largest absolute Gasteiger partial charge is 0.454 e. The molecule has 0 bridgehead atoms. The van der Waals surface area contributed by atoms with Crippen LogP contribution in [0.15, 0.2) is 41.4 Å². The summed E-state index contributed by atoms with van der Waals surface area (Å²) in [6.45, 7) is 6.15. The lowest BCUT2D eigenvalue weighted by Gasteiger charge is -2.21. The van der Waals surface area contributed by atoms with Crippen LogP contribution in [0, 0.1) is 0 Å². The molecule has 0 saturated heterocycles.